The molecule has 1 N–H and O–H groups in total. The number of rotatable bonds is 14. The number of nitrogens with one attached hydrogen (secondary N) is 1. The molecular formula is C55H67ClN10O17S2. The van der Waals surface area contributed by atoms with Gasteiger partial charge in [0.2, 0.25) is 10.0 Å². The number of likely N-dealkylation sites (tertiary alicyclic amines) is 3. The van der Waals surface area contributed by atoms with E-state index in [-0.39, 0.29) is 81.5 Å². The van der Waals surface area contributed by atoms with Crippen LogP contribution < -0.4 is 5.32 Å². The van der Waals surface area contributed by atoms with Crippen LogP contribution in [0, 0.1) is 50.6 Å². The quantitative estimate of drug-likeness (QED) is 0.0615. The van der Waals surface area contributed by atoms with Gasteiger partial charge in [0.15, 0.2) is 0 Å². The first-order valence-corrected chi connectivity index (χ1v) is 30.5. The Labute approximate surface area is 495 Å². The van der Waals surface area contributed by atoms with Crippen LogP contribution in [0.4, 0.5) is 28.4 Å². The number of nitro benzene ring substituents is 5. The van der Waals surface area contributed by atoms with Gasteiger partial charge in [-0.3, -0.25) is 75.4 Å². The molecule has 10 rings (SSSR count). The Bertz CT molecular complexity index is 3350. The maximum absolute atomic E-state index is 13.3. The summed E-state index contributed by atoms with van der Waals surface area (Å²) in [4.78, 5) is 68.5. The topological polar surface area (TPSA) is 344 Å². The molecule has 27 nitrogen and oxygen atoms in total. The van der Waals surface area contributed by atoms with Crippen molar-refractivity contribution >= 4 is 64.0 Å². The van der Waals surface area contributed by atoms with Crippen LogP contribution in [0.2, 0.25) is 0 Å². The fourth-order valence-electron chi connectivity index (χ4n) is 10.5. The third-order valence-electron chi connectivity index (χ3n) is 15.4. The molecule has 2 spiro atoms. The molecule has 5 aliphatic heterocycles. The maximum atomic E-state index is 13.3. The lowest BCUT2D eigenvalue weighted by molar-refractivity contribution is -0.385. The number of carbonyl (C=O) groups excluding carboxylic acids is 1. The highest BCUT2D eigenvalue weighted by Gasteiger charge is 2.51. The lowest BCUT2D eigenvalue weighted by Crippen LogP contribution is -2.55. The summed E-state index contributed by atoms with van der Waals surface area (Å²) in [5.41, 5.74) is 2.00. The number of nitrogens with zero attached hydrogens (tertiary/aromatic N) is 9. The SMILES string of the molecule is C.CC(c1ccc([N+](=O)[O-])cc1)N1CCC2(CC1)NCCO2.CC(c1ccc([N+](=O)[O-])cc1)N1CCC2(CC1)OCCN2S(=O)(=O)c1ccc([N+](=O)[O-])cc1.O=C1CCN(Cc2ccc([N+](=O)[O-])cc2)CC1.O=[N+]([O-])c1ccc(S(=O)(=O)Cl)cc1. The van der Waals surface area contributed by atoms with Gasteiger partial charge in [-0.2, -0.15) is 4.31 Å². The van der Waals surface area contributed by atoms with E-state index in [1.165, 1.54) is 52.8 Å². The van der Waals surface area contributed by atoms with Gasteiger partial charge in [-0.25, -0.2) is 16.8 Å². The summed E-state index contributed by atoms with van der Waals surface area (Å²) in [5, 5.41) is 56.6. The fourth-order valence-corrected chi connectivity index (χ4v) is 13.0. The third-order valence-corrected chi connectivity index (χ3v) is 18.8. The lowest BCUT2D eigenvalue weighted by atomic mass is 9.97. The van der Waals surface area contributed by atoms with Crippen molar-refractivity contribution in [2.75, 3.05) is 65.6 Å². The van der Waals surface area contributed by atoms with Gasteiger partial charge >= 0.3 is 0 Å². The molecule has 5 aromatic carbocycles. The lowest BCUT2D eigenvalue weighted by Gasteiger charge is -2.44. The monoisotopic (exact) mass is 1240 g/mol. The Morgan fingerprint density at radius 1 is 0.529 bits per heavy atom. The van der Waals surface area contributed by atoms with Crippen molar-refractivity contribution in [3.05, 3.63) is 189 Å². The van der Waals surface area contributed by atoms with Gasteiger partial charge in [0.25, 0.3) is 37.5 Å². The molecule has 0 aromatic heterocycles. The van der Waals surface area contributed by atoms with E-state index >= 15 is 0 Å². The van der Waals surface area contributed by atoms with Gasteiger partial charge in [-0.05, 0) is 54.8 Å². The molecule has 5 fully saturated rings. The largest absolute Gasteiger partial charge is 0.359 e. The Balaban J connectivity index is 0.000000192. The van der Waals surface area contributed by atoms with E-state index < -0.39 is 44.5 Å². The first-order chi connectivity index (χ1) is 39.8. The molecule has 5 heterocycles. The normalized spacial score (nSPS) is 18.6. The Morgan fingerprint density at radius 3 is 1.28 bits per heavy atom. The van der Waals surface area contributed by atoms with E-state index in [0.29, 0.717) is 44.6 Å². The molecule has 85 heavy (non-hydrogen) atoms. The summed E-state index contributed by atoms with van der Waals surface area (Å²) in [5.74, 6) is 0.324. The number of halogens is 1. The number of Topliss-reactive ketones (excluding diaryl/α,β-unsaturated/α-hetero) is 1. The second-order valence-electron chi connectivity index (χ2n) is 20.4. The van der Waals surface area contributed by atoms with Crippen molar-refractivity contribution in [3.8, 4) is 0 Å². The molecule has 0 aliphatic carbocycles. The van der Waals surface area contributed by atoms with Gasteiger partial charge in [-0.1, -0.05) is 43.8 Å². The van der Waals surface area contributed by atoms with Crippen molar-refractivity contribution in [2.24, 2.45) is 0 Å². The maximum Gasteiger partial charge on any atom is 0.269 e. The standard InChI is InChI=1S/C21H24N4O7S.C15H21N3O3.C12H14N2O3.C6H4ClNO4S.CH4/c1-16(17-2-4-18(5-3-17)24(26)27)22-12-10-21(11-13-22)23(14-15-32-21)33(30,31)20-8-6-19(7-9-20)25(28)29;1-12(13-2-4-14(5-3-13)18(19)20)17-9-6-15(7-10-17)16-8-11-21-15;15-12-5-7-13(8-6-12)9-10-1-3-11(4-2-10)14(16)17;7-13(11,12)6-3-1-5(2-4-6)8(9)10;/h2-9,16H,10-15H2,1H3;2-5,12,16H,6-11H2,1H3;1-4H,5-9H2;1-4H;1H4. The Hall–Kier alpha value is -7.32. The molecule has 0 bridgehead atoms. The highest BCUT2D eigenvalue weighted by molar-refractivity contribution is 8.13. The summed E-state index contributed by atoms with van der Waals surface area (Å²) in [6.07, 6.45) is 4.15. The number of hydrogen-bond donors (Lipinski definition) is 1. The molecule has 5 saturated heterocycles. The Kier molecular flexibility index (Phi) is 22.9. The van der Waals surface area contributed by atoms with Crippen LogP contribution in [0.1, 0.15) is 88.6 Å². The Morgan fingerprint density at radius 2 is 0.906 bits per heavy atom. The number of nitro groups is 5. The number of sulfonamides is 1. The number of non-ortho nitro benzene ring substituents is 5. The zero-order valence-corrected chi connectivity index (χ0v) is 48.3. The molecule has 0 amide bonds. The highest BCUT2D eigenvalue weighted by Crippen LogP contribution is 2.41. The van der Waals surface area contributed by atoms with Crippen LogP contribution in [-0.4, -0.2) is 143 Å². The van der Waals surface area contributed by atoms with Crippen LogP contribution >= 0.6 is 10.7 Å². The number of ketones is 1. The van der Waals surface area contributed by atoms with Crippen LogP contribution in [-0.2, 0) is 39.9 Å². The summed E-state index contributed by atoms with van der Waals surface area (Å²) in [6.45, 7) is 11.9. The molecular weight excluding hydrogens is 1170 g/mol. The third kappa shape index (κ3) is 17.4. The molecule has 0 saturated carbocycles. The molecule has 5 aromatic rings. The average Bonchev–Trinajstić information content (AvgIpc) is 2.85. The molecule has 2 atom stereocenters. The number of carbonyl (C=O) groups is 1. The van der Waals surface area contributed by atoms with Crippen molar-refractivity contribution < 1.29 is 55.7 Å². The van der Waals surface area contributed by atoms with Crippen molar-refractivity contribution in [2.45, 2.75) is 99.7 Å². The van der Waals surface area contributed by atoms with E-state index in [4.69, 9.17) is 20.2 Å². The second kappa shape index (κ2) is 29.2. The first-order valence-electron chi connectivity index (χ1n) is 26.7. The molecule has 5 aliphatic rings. The van der Waals surface area contributed by atoms with E-state index in [1.54, 1.807) is 36.4 Å². The van der Waals surface area contributed by atoms with Crippen LogP contribution in [0.25, 0.3) is 0 Å². The summed E-state index contributed by atoms with van der Waals surface area (Å²) < 4.78 is 61.3. The smallest absolute Gasteiger partial charge is 0.269 e. The van der Waals surface area contributed by atoms with Crippen LogP contribution in [0.15, 0.2) is 131 Å². The van der Waals surface area contributed by atoms with Crippen molar-refractivity contribution in [1.29, 1.82) is 0 Å². The van der Waals surface area contributed by atoms with Gasteiger partial charge in [-0.15, -0.1) is 0 Å². The van der Waals surface area contributed by atoms with Crippen molar-refractivity contribution in [3.63, 3.8) is 0 Å². The molecule has 0 radical (unpaired) electrons. The highest BCUT2D eigenvalue weighted by atomic mass is 35.7. The number of benzene rings is 5. The zero-order valence-electron chi connectivity index (χ0n) is 45.9. The van der Waals surface area contributed by atoms with E-state index in [1.807, 2.05) is 19.1 Å². The average molecular weight is 1240 g/mol. The minimum atomic E-state index is -3.89. The predicted molar refractivity (Wildman–Crippen MR) is 312 cm³/mol. The minimum absolute atomic E-state index is 0. The van der Waals surface area contributed by atoms with Crippen LogP contribution in [0.5, 0.6) is 0 Å². The van der Waals surface area contributed by atoms with Gasteiger partial charge in [0.05, 0.1) is 47.6 Å². The fraction of sp³-hybridized carbons (Fsp3) is 0.436. The molecule has 2 unspecified atom stereocenters. The minimum Gasteiger partial charge on any atom is -0.359 e. The van der Waals surface area contributed by atoms with E-state index in [0.717, 1.165) is 99.7 Å². The van der Waals surface area contributed by atoms with E-state index in [2.05, 4.69) is 26.9 Å². The summed E-state index contributed by atoms with van der Waals surface area (Å²) in [6, 6.07) is 29.4. The van der Waals surface area contributed by atoms with Gasteiger partial charge in [0.1, 0.15) is 17.2 Å². The summed E-state index contributed by atoms with van der Waals surface area (Å²) in [7, 11) is -2.69. The second-order valence-corrected chi connectivity index (χ2v) is 24.9. The number of hydrogen-bond acceptors (Lipinski definition) is 21. The zero-order chi connectivity index (χ0) is 61.0. The summed E-state index contributed by atoms with van der Waals surface area (Å²) >= 11 is 0. The van der Waals surface area contributed by atoms with Gasteiger partial charge < -0.3 is 9.47 Å². The van der Waals surface area contributed by atoms with E-state index in [9.17, 15) is 72.2 Å². The first kappa shape index (κ1) is 66.8. The predicted octanol–water partition coefficient (Wildman–Crippen LogP) is 9.06. The van der Waals surface area contributed by atoms with Gasteiger partial charge in [0, 0.05) is 181 Å². The molecule has 30 heteroatoms. The molecule has 458 valence electrons. The van der Waals surface area contributed by atoms with Crippen molar-refractivity contribution in [1.82, 2.24) is 24.3 Å². The van der Waals surface area contributed by atoms with Crippen LogP contribution in [0.3, 0.4) is 0 Å². The number of piperidine rings is 3. The number of ether oxygens (including phenoxy) is 2.